The van der Waals surface area contributed by atoms with Crippen LogP contribution in [0.3, 0.4) is 0 Å². The first-order valence-corrected chi connectivity index (χ1v) is 4.26. The van der Waals surface area contributed by atoms with E-state index < -0.39 is 0 Å². The van der Waals surface area contributed by atoms with Crippen molar-refractivity contribution in [2.75, 3.05) is 20.4 Å². The molecule has 0 radical (unpaired) electrons. The molecule has 0 rings (SSSR count). The molecule has 0 aliphatic heterocycles. The van der Waals surface area contributed by atoms with Crippen molar-refractivity contribution in [2.45, 2.75) is 6.92 Å². The van der Waals surface area contributed by atoms with Gasteiger partial charge in [0.05, 0.1) is 5.03 Å². The lowest BCUT2D eigenvalue weighted by atomic mass is 10.6. The summed E-state index contributed by atoms with van der Waals surface area (Å²) in [5, 5.41) is 0.853. The summed E-state index contributed by atoms with van der Waals surface area (Å²) < 4.78 is 0. The Kier molecular flexibility index (Phi) is 4.19. The molecular formula is C7H14N2S. The van der Waals surface area contributed by atoms with E-state index in [1.807, 2.05) is 32.2 Å². The Balaban J connectivity index is 4.03. The fraction of sp³-hybridized carbons (Fsp3) is 0.571. The van der Waals surface area contributed by atoms with Crippen LogP contribution in [0.15, 0.2) is 16.6 Å². The minimum atomic E-state index is 0.853. The van der Waals surface area contributed by atoms with Gasteiger partial charge in [-0.1, -0.05) is 6.58 Å². The van der Waals surface area contributed by atoms with Crippen LogP contribution in [-0.4, -0.2) is 31.1 Å². The number of rotatable bonds is 2. The van der Waals surface area contributed by atoms with Gasteiger partial charge in [-0.05, 0) is 13.2 Å². The molecule has 0 aliphatic rings. The van der Waals surface area contributed by atoms with Crippen molar-refractivity contribution in [1.82, 2.24) is 4.90 Å². The summed E-state index contributed by atoms with van der Waals surface area (Å²) >= 11 is 1.56. The summed E-state index contributed by atoms with van der Waals surface area (Å²) in [6, 6.07) is 0. The fourth-order valence-electron chi connectivity index (χ4n) is 0.326. The van der Waals surface area contributed by atoms with Crippen molar-refractivity contribution in [2.24, 2.45) is 4.99 Å². The third-order valence-electron chi connectivity index (χ3n) is 1.17. The maximum Gasteiger partial charge on any atom is 0.102 e. The van der Waals surface area contributed by atoms with Crippen LogP contribution in [0.2, 0.25) is 0 Å². The van der Waals surface area contributed by atoms with E-state index in [1.54, 1.807) is 11.8 Å². The molecule has 10 heavy (non-hydrogen) atoms. The van der Waals surface area contributed by atoms with Crippen molar-refractivity contribution in [1.29, 1.82) is 0 Å². The molecule has 0 atom stereocenters. The fourth-order valence-corrected chi connectivity index (χ4v) is 0.550. The SMILES string of the molecule is C=C(N=C(C)N(C)C)SC. The molecule has 0 saturated heterocycles. The van der Waals surface area contributed by atoms with Gasteiger partial charge in [0, 0.05) is 14.1 Å². The smallest absolute Gasteiger partial charge is 0.102 e. The highest BCUT2D eigenvalue weighted by molar-refractivity contribution is 8.02. The molecule has 0 N–H and O–H groups in total. The average molecular weight is 158 g/mol. The van der Waals surface area contributed by atoms with Crippen molar-refractivity contribution < 1.29 is 0 Å². The highest BCUT2D eigenvalue weighted by Gasteiger charge is 1.92. The predicted molar refractivity (Wildman–Crippen MR) is 49.5 cm³/mol. The Morgan fingerprint density at radius 3 is 2.30 bits per heavy atom. The van der Waals surface area contributed by atoms with E-state index in [-0.39, 0.29) is 0 Å². The number of aliphatic imine (C=N–C) groups is 1. The second kappa shape index (κ2) is 4.39. The third-order valence-corrected chi connectivity index (χ3v) is 1.73. The van der Waals surface area contributed by atoms with Gasteiger partial charge in [-0.3, -0.25) is 0 Å². The van der Waals surface area contributed by atoms with Crippen molar-refractivity contribution in [3.63, 3.8) is 0 Å². The van der Waals surface area contributed by atoms with Crippen molar-refractivity contribution in [3.05, 3.63) is 11.6 Å². The number of hydrogen-bond donors (Lipinski definition) is 0. The average Bonchev–Trinajstić information content (AvgIpc) is 1.87. The van der Waals surface area contributed by atoms with E-state index >= 15 is 0 Å². The lowest BCUT2D eigenvalue weighted by molar-refractivity contribution is 0.618. The molecule has 0 aromatic heterocycles. The maximum atomic E-state index is 4.21. The van der Waals surface area contributed by atoms with E-state index in [0.717, 1.165) is 10.9 Å². The number of nitrogens with zero attached hydrogens (tertiary/aromatic N) is 2. The van der Waals surface area contributed by atoms with Crippen LogP contribution >= 0.6 is 11.8 Å². The minimum absolute atomic E-state index is 0.853. The lowest BCUT2D eigenvalue weighted by Crippen LogP contribution is -2.18. The van der Waals surface area contributed by atoms with Gasteiger partial charge in [-0.15, -0.1) is 11.8 Å². The summed E-state index contributed by atoms with van der Waals surface area (Å²) in [6.07, 6.45) is 1.97. The second-order valence-corrected chi connectivity index (χ2v) is 3.03. The molecule has 0 aliphatic carbocycles. The summed E-state index contributed by atoms with van der Waals surface area (Å²) in [4.78, 5) is 6.17. The zero-order chi connectivity index (χ0) is 8.15. The quantitative estimate of drug-likeness (QED) is 0.450. The molecule has 0 unspecified atom stereocenters. The lowest BCUT2D eigenvalue weighted by Gasteiger charge is -2.10. The molecule has 0 saturated carbocycles. The molecule has 0 bridgehead atoms. The van der Waals surface area contributed by atoms with Gasteiger partial charge in [-0.2, -0.15) is 0 Å². The summed E-state index contributed by atoms with van der Waals surface area (Å²) in [5.41, 5.74) is 0. The highest BCUT2D eigenvalue weighted by atomic mass is 32.2. The molecule has 0 amide bonds. The number of thioether (sulfide) groups is 1. The first kappa shape index (κ1) is 9.56. The summed E-state index contributed by atoms with van der Waals surface area (Å²) in [5.74, 6) is 0.986. The molecule has 0 fully saturated rings. The standard InChI is InChI=1S/C7H14N2S/c1-6(9(3)4)8-7(2)10-5/h2H2,1,3-5H3. The van der Waals surface area contributed by atoms with E-state index in [0.29, 0.717) is 0 Å². The Morgan fingerprint density at radius 2 is 2.00 bits per heavy atom. The Bertz CT molecular complexity index is 150. The highest BCUT2D eigenvalue weighted by Crippen LogP contribution is 2.09. The summed E-state index contributed by atoms with van der Waals surface area (Å²) in [6.45, 7) is 5.70. The Labute approximate surface area is 67.0 Å². The Hall–Kier alpha value is -0.440. The van der Waals surface area contributed by atoms with Crippen LogP contribution in [0.25, 0.3) is 0 Å². The molecule has 0 spiro atoms. The van der Waals surface area contributed by atoms with Gasteiger partial charge in [-0.25, -0.2) is 4.99 Å². The molecule has 58 valence electrons. The van der Waals surface area contributed by atoms with Crippen LogP contribution in [0.1, 0.15) is 6.92 Å². The molecule has 0 aromatic carbocycles. The largest absolute Gasteiger partial charge is 0.366 e. The number of amidine groups is 1. The van der Waals surface area contributed by atoms with Crippen molar-refractivity contribution >= 4 is 17.6 Å². The predicted octanol–water partition coefficient (Wildman–Crippen LogP) is 1.80. The van der Waals surface area contributed by atoms with Crippen LogP contribution < -0.4 is 0 Å². The topological polar surface area (TPSA) is 15.6 Å². The van der Waals surface area contributed by atoms with Gasteiger partial charge in [0.25, 0.3) is 0 Å². The monoisotopic (exact) mass is 158 g/mol. The van der Waals surface area contributed by atoms with E-state index in [1.165, 1.54) is 0 Å². The van der Waals surface area contributed by atoms with Crippen LogP contribution in [0.4, 0.5) is 0 Å². The van der Waals surface area contributed by atoms with Gasteiger partial charge >= 0.3 is 0 Å². The second-order valence-electron chi connectivity index (χ2n) is 2.15. The van der Waals surface area contributed by atoms with E-state index in [2.05, 4.69) is 11.6 Å². The first-order chi connectivity index (χ1) is 4.57. The molecule has 0 heterocycles. The van der Waals surface area contributed by atoms with E-state index in [9.17, 15) is 0 Å². The van der Waals surface area contributed by atoms with Crippen LogP contribution in [0.5, 0.6) is 0 Å². The minimum Gasteiger partial charge on any atom is -0.366 e. The zero-order valence-corrected chi connectivity index (χ0v) is 7.83. The van der Waals surface area contributed by atoms with Gasteiger partial charge in [0.1, 0.15) is 5.84 Å². The third kappa shape index (κ3) is 3.56. The maximum absolute atomic E-state index is 4.21. The molecule has 0 aromatic rings. The van der Waals surface area contributed by atoms with Gasteiger partial charge in [0.15, 0.2) is 0 Å². The van der Waals surface area contributed by atoms with Crippen LogP contribution in [0, 0.1) is 0 Å². The molecule has 3 heteroatoms. The molecule has 2 nitrogen and oxygen atoms in total. The normalized spacial score (nSPS) is 11.4. The van der Waals surface area contributed by atoms with Gasteiger partial charge in [0.2, 0.25) is 0 Å². The zero-order valence-electron chi connectivity index (χ0n) is 7.01. The first-order valence-electron chi connectivity index (χ1n) is 3.03. The van der Waals surface area contributed by atoms with E-state index in [4.69, 9.17) is 0 Å². The van der Waals surface area contributed by atoms with Crippen molar-refractivity contribution in [3.8, 4) is 0 Å². The Morgan fingerprint density at radius 1 is 1.50 bits per heavy atom. The summed E-state index contributed by atoms with van der Waals surface area (Å²) in [7, 11) is 3.93. The molecular weight excluding hydrogens is 144 g/mol. The van der Waals surface area contributed by atoms with Gasteiger partial charge < -0.3 is 4.90 Å². The number of hydrogen-bond acceptors (Lipinski definition) is 2. The van der Waals surface area contributed by atoms with Crippen LogP contribution in [-0.2, 0) is 0 Å².